The second-order valence-corrected chi connectivity index (χ2v) is 3.11. The molecular weight excluding hydrogens is 178 g/mol. The fraction of sp³-hybridized carbons (Fsp3) is 0.714. The fourth-order valence-electron chi connectivity index (χ4n) is 0.520. The second-order valence-electron chi connectivity index (χ2n) is 3.11. The van der Waals surface area contributed by atoms with Crippen molar-refractivity contribution in [2.45, 2.75) is 25.5 Å². The number of rotatable bonds is 4. The molecule has 0 bridgehead atoms. The van der Waals surface area contributed by atoms with Crippen LogP contribution in [-0.2, 0) is 9.59 Å². The van der Waals surface area contributed by atoms with E-state index in [2.05, 4.69) is 0 Å². The number of carbonyl (C=O) groups is 2. The normalized spacial score (nSPS) is 13.5. The molecule has 0 aromatic rings. The standard InChI is InChI=1S/C7H13NO5/c1-7(2,13)6(12)8-4(3-9)5(10)11/h4,9,13H,3H2,1-2H3,(H,8,12)(H,10,11)/t4-/m0/s1. The van der Waals surface area contributed by atoms with Crippen LogP contribution >= 0.6 is 0 Å². The topological polar surface area (TPSA) is 107 Å². The minimum atomic E-state index is -1.65. The first-order valence-electron chi connectivity index (χ1n) is 3.66. The molecule has 0 aliphatic carbocycles. The number of aliphatic hydroxyl groups is 2. The Morgan fingerprint density at radius 1 is 1.46 bits per heavy atom. The van der Waals surface area contributed by atoms with Gasteiger partial charge in [0, 0.05) is 0 Å². The van der Waals surface area contributed by atoms with Gasteiger partial charge in [-0.15, -0.1) is 0 Å². The molecule has 6 heteroatoms. The van der Waals surface area contributed by atoms with Crippen LogP contribution in [0.15, 0.2) is 0 Å². The van der Waals surface area contributed by atoms with Gasteiger partial charge in [0.2, 0.25) is 0 Å². The number of aliphatic hydroxyl groups excluding tert-OH is 1. The quantitative estimate of drug-likeness (QED) is 0.424. The smallest absolute Gasteiger partial charge is 0.328 e. The molecular formula is C7H13NO5. The molecule has 0 aromatic heterocycles. The number of aliphatic carboxylic acids is 1. The predicted molar refractivity (Wildman–Crippen MR) is 43.0 cm³/mol. The Bertz CT molecular complexity index is 207. The summed E-state index contributed by atoms with van der Waals surface area (Å²) in [6.07, 6.45) is 0. The van der Waals surface area contributed by atoms with Crippen LogP contribution in [0, 0.1) is 0 Å². The molecule has 0 spiro atoms. The first-order chi connectivity index (χ1) is 5.79. The van der Waals surface area contributed by atoms with E-state index >= 15 is 0 Å². The Morgan fingerprint density at radius 3 is 2.15 bits per heavy atom. The summed E-state index contributed by atoms with van der Waals surface area (Å²) in [7, 11) is 0. The zero-order valence-electron chi connectivity index (χ0n) is 7.44. The Labute approximate surface area is 75.2 Å². The zero-order valence-corrected chi connectivity index (χ0v) is 7.44. The van der Waals surface area contributed by atoms with Gasteiger partial charge in [-0.2, -0.15) is 0 Å². The van der Waals surface area contributed by atoms with E-state index in [4.69, 9.17) is 15.3 Å². The minimum Gasteiger partial charge on any atom is -0.480 e. The van der Waals surface area contributed by atoms with Crippen molar-refractivity contribution in [3.05, 3.63) is 0 Å². The van der Waals surface area contributed by atoms with Crippen LogP contribution in [0.5, 0.6) is 0 Å². The summed E-state index contributed by atoms with van der Waals surface area (Å²) in [6.45, 7) is 1.73. The molecule has 0 unspecified atom stereocenters. The van der Waals surface area contributed by atoms with Crippen molar-refractivity contribution < 1.29 is 24.9 Å². The predicted octanol–water partition coefficient (Wildman–Crippen LogP) is -1.68. The molecule has 1 atom stereocenters. The van der Waals surface area contributed by atoms with Crippen molar-refractivity contribution in [2.75, 3.05) is 6.61 Å². The maximum absolute atomic E-state index is 11.0. The van der Waals surface area contributed by atoms with Gasteiger partial charge < -0.3 is 20.6 Å². The number of amides is 1. The molecule has 6 nitrogen and oxygen atoms in total. The molecule has 0 saturated carbocycles. The summed E-state index contributed by atoms with van der Waals surface area (Å²) >= 11 is 0. The van der Waals surface area contributed by atoms with E-state index < -0.39 is 30.1 Å². The molecule has 0 fully saturated rings. The van der Waals surface area contributed by atoms with Crippen molar-refractivity contribution >= 4 is 11.9 Å². The summed E-state index contributed by atoms with van der Waals surface area (Å²) in [5, 5.41) is 28.1. The van der Waals surface area contributed by atoms with Crippen molar-refractivity contribution in [2.24, 2.45) is 0 Å². The van der Waals surface area contributed by atoms with Gasteiger partial charge in [-0.25, -0.2) is 4.79 Å². The number of nitrogens with one attached hydrogen (secondary N) is 1. The lowest BCUT2D eigenvalue weighted by molar-refractivity contribution is -0.146. The van der Waals surface area contributed by atoms with Crippen LogP contribution in [0.3, 0.4) is 0 Å². The Morgan fingerprint density at radius 2 is 1.92 bits per heavy atom. The summed E-state index contributed by atoms with van der Waals surface area (Å²) in [5.74, 6) is -2.19. The molecule has 4 N–H and O–H groups in total. The maximum atomic E-state index is 11.0. The Kier molecular flexibility index (Phi) is 3.83. The number of carbonyl (C=O) groups excluding carboxylic acids is 1. The average molecular weight is 191 g/mol. The largest absolute Gasteiger partial charge is 0.480 e. The zero-order chi connectivity index (χ0) is 10.6. The molecule has 0 aliphatic heterocycles. The third kappa shape index (κ3) is 3.86. The van der Waals surface area contributed by atoms with Gasteiger partial charge in [-0.1, -0.05) is 0 Å². The lowest BCUT2D eigenvalue weighted by atomic mass is 10.1. The summed E-state index contributed by atoms with van der Waals surface area (Å²) in [4.78, 5) is 21.3. The van der Waals surface area contributed by atoms with Gasteiger partial charge in [0.15, 0.2) is 0 Å². The number of hydrogen-bond donors (Lipinski definition) is 4. The summed E-state index contributed by atoms with van der Waals surface area (Å²) in [5.41, 5.74) is -1.65. The molecule has 0 heterocycles. The number of carboxylic acids is 1. The molecule has 76 valence electrons. The lowest BCUT2D eigenvalue weighted by Crippen LogP contribution is -2.51. The van der Waals surface area contributed by atoms with Crippen LogP contribution < -0.4 is 5.32 Å². The van der Waals surface area contributed by atoms with Gasteiger partial charge in [0.25, 0.3) is 5.91 Å². The third-order valence-electron chi connectivity index (χ3n) is 1.34. The highest BCUT2D eigenvalue weighted by Crippen LogP contribution is 2.00. The SMILES string of the molecule is CC(C)(O)C(=O)N[C@@H](CO)C(=O)O. The van der Waals surface area contributed by atoms with Gasteiger partial charge in [0.1, 0.15) is 11.6 Å². The van der Waals surface area contributed by atoms with E-state index in [1.165, 1.54) is 13.8 Å². The van der Waals surface area contributed by atoms with Crippen molar-refractivity contribution in [3.8, 4) is 0 Å². The molecule has 1 amide bonds. The number of carboxylic acid groups (broad SMARTS) is 1. The van der Waals surface area contributed by atoms with E-state index in [0.717, 1.165) is 0 Å². The Hall–Kier alpha value is -1.14. The Balaban J connectivity index is 4.26. The van der Waals surface area contributed by atoms with E-state index in [1.54, 1.807) is 0 Å². The highest BCUT2D eigenvalue weighted by molar-refractivity contribution is 5.88. The first kappa shape index (κ1) is 11.9. The van der Waals surface area contributed by atoms with E-state index in [9.17, 15) is 9.59 Å². The van der Waals surface area contributed by atoms with Gasteiger partial charge in [-0.3, -0.25) is 4.79 Å². The van der Waals surface area contributed by atoms with Gasteiger partial charge >= 0.3 is 5.97 Å². The van der Waals surface area contributed by atoms with Crippen molar-refractivity contribution in [1.82, 2.24) is 5.32 Å². The fourth-order valence-corrected chi connectivity index (χ4v) is 0.520. The average Bonchev–Trinajstić information content (AvgIpc) is 1.96. The highest BCUT2D eigenvalue weighted by atomic mass is 16.4. The third-order valence-corrected chi connectivity index (χ3v) is 1.34. The van der Waals surface area contributed by atoms with Crippen molar-refractivity contribution in [3.63, 3.8) is 0 Å². The monoisotopic (exact) mass is 191 g/mol. The van der Waals surface area contributed by atoms with Gasteiger partial charge in [0.05, 0.1) is 6.61 Å². The first-order valence-corrected chi connectivity index (χ1v) is 3.66. The summed E-state index contributed by atoms with van der Waals surface area (Å²) in [6, 6.07) is -1.38. The van der Waals surface area contributed by atoms with E-state index in [0.29, 0.717) is 0 Å². The van der Waals surface area contributed by atoms with Crippen LogP contribution in [0.4, 0.5) is 0 Å². The second kappa shape index (κ2) is 4.20. The molecule has 0 rings (SSSR count). The summed E-state index contributed by atoms with van der Waals surface area (Å²) < 4.78 is 0. The lowest BCUT2D eigenvalue weighted by Gasteiger charge is -2.19. The molecule has 13 heavy (non-hydrogen) atoms. The maximum Gasteiger partial charge on any atom is 0.328 e. The van der Waals surface area contributed by atoms with Crippen LogP contribution in [0.1, 0.15) is 13.8 Å². The van der Waals surface area contributed by atoms with E-state index in [-0.39, 0.29) is 0 Å². The van der Waals surface area contributed by atoms with Gasteiger partial charge in [-0.05, 0) is 13.8 Å². The molecule has 0 aliphatic rings. The number of hydrogen-bond acceptors (Lipinski definition) is 4. The molecule has 0 radical (unpaired) electrons. The molecule has 0 aromatic carbocycles. The van der Waals surface area contributed by atoms with Crippen LogP contribution in [0.2, 0.25) is 0 Å². The van der Waals surface area contributed by atoms with Crippen LogP contribution in [-0.4, -0.2) is 45.4 Å². The minimum absolute atomic E-state index is 0.711. The molecule has 0 saturated heterocycles. The highest BCUT2D eigenvalue weighted by Gasteiger charge is 2.28. The van der Waals surface area contributed by atoms with Crippen molar-refractivity contribution in [1.29, 1.82) is 0 Å². The van der Waals surface area contributed by atoms with E-state index in [1.807, 2.05) is 5.32 Å². The van der Waals surface area contributed by atoms with Crippen LogP contribution in [0.25, 0.3) is 0 Å².